The van der Waals surface area contributed by atoms with Crippen molar-refractivity contribution in [3.63, 3.8) is 0 Å². The van der Waals surface area contributed by atoms with Gasteiger partial charge in [-0.05, 0) is 0 Å². The second-order valence-electron chi connectivity index (χ2n) is 8.72. The molecule has 0 saturated carbocycles. The average molecular weight is 601 g/mol. The van der Waals surface area contributed by atoms with Crippen LogP contribution in [0.3, 0.4) is 0 Å². The van der Waals surface area contributed by atoms with Crippen LogP contribution < -0.4 is 58.3 Å². The van der Waals surface area contributed by atoms with Crippen LogP contribution in [0.15, 0.2) is 54.6 Å². The Kier molecular flexibility index (Phi) is 9.64. The van der Waals surface area contributed by atoms with Gasteiger partial charge < -0.3 is 0 Å². The molecule has 1 atom stereocenters. The van der Waals surface area contributed by atoms with Crippen molar-refractivity contribution in [3.05, 3.63) is 54.6 Å². The van der Waals surface area contributed by atoms with E-state index >= 15 is 0 Å². The molecular weight excluding hydrogens is 567 g/mol. The molecular formula is C27H34ClO11P. The summed E-state index contributed by atoms with van der Waals surface area (Å²) in [6.45, 7) is -4.09. The molecule has 3 rings (SSSR count). The third kappa shape index (κ3) is 5.22. The number of aliphatic hydroxyl groups excluding tert-OH is 1. The van der Waals surface area contributed by atoms with Gasteiger partial charge in [0, 0.05) is 0 Å². The standard InChI is InChI=1S/C27H34ClO11P/c1-18(29)17-40(39-28(30,31)32,25-19(33-2)11-8-12-20(25)34-3,26-21(35-4)13-9-14-22(26)36-5)27-23(37-6)15-10-16-24(27)38-7/h8-16,18,29H,17H2,1-7H3. The Labute approximate surface area is 235 Å². The third-order valence-electron chi connectivity index (χ3n) is 6.47. The number of hydrogen-bond donors (Lipinski definition) is 1. The zero-order chi connectivity index (χ0) is 29.7. The fraction of sp³-hybridized carbons (Fsp3) is 0.333. The van der Waals surface area contributed by atoms with Crippen LogP contribution in [0.25, 0.3) is 0 Å². The molecule has 3 aromatic rings. The van der Waals surface area contributed by atoms with Crippen molar-refractivity contribution in [1.82, 2.24) is 0 Å². The molecule has 13 heteroatoms. The summed E-state index contributed by atoms with van der Waals surface area (Å²) in [5.74, 6) is 0.569. The Balaban J connectivity index is 3.00. The number of methoxy groups -OCH3 is 6. The van der Waals surface area contributed by atoms with E-state index in [-0.39, 0.29) is 50.4 Å². The van der Waals surface area contributed by atoms with Gasteiger partial charge in [-0.3, -0.25) is 0 Å². The predicted octanol–water partition coefficient (Wildman–Crippen LogP) is -0.222. The van der Waals surface area contributed by atoms with Crippen LogP contribution in [-0.2, 0) is 4.08 Å². The molecule has 0 amide bonds. The van der Waals surface area contributed by atoms with E-state index in [1.165, 1.54) is 49.6 Å². The first-order valence-corrected chi connectivity index (χ1v) is 15.5. The minimum atomic E-state index is -5.53. The van der Waals surface area contributed by atoms with Gasteiger partial charge in [0.25, 0.3) is 0 Å². The van der Waals surface area contributed by atoms with Gasteiger partial charge in [0.2, 0.25) is 0 Å². The van der Waals surface area contributed by atoms with Gasteiger partial charge in [0.15, 0.2) is 0 Å². The van der Waals surface area contributed by atoms with Crippen LogP contribution in [0, 0.1) is 10.2 Å². The molecule has 0 bridgehead atoms. The molecule has 0 heterocycles. The molecule has 0 aliphatic rings. The SMILES string of the molecule is COc1cccc(OC)c1P(CC(C)O)(O[Cl+3]([O-])([O-])[O-])(c1c(OC)cccc1OC)c1c(OC)cccc1OC. The van der Waals surface area contributed by atoms with Crippen LogP contribution >= 0.6 is 6.83 Å². The maximum atomic E-state index is 13.1. The Bertz CT molecular complexity index is 1120. The topological polar surface area (TPSA) is 154 Å². The molecule has 0 aliphatic heterocycles. The molecule has 0 aliphatic carbocycles. The van der Waals surface area contributed by atoms with Crippen molar-refractivity contribution in [3.8, 4) is 34.5 Å². The van der Waals surface area contributed by atoms with Crippen LogP contribution in [0.5, 0.6) is 34.5 Å². The Morgan fingerprint density at radius 2 is 0.850 bits per heavy atom. The van der Waals surface area contributed by atoms with E-state index in [0.717, 1.165) is 0 Å². The van der Waals surface area contributed by atoms with Crippen molar-refractivity contribution >= 4 is 22.7 Å². The number of benzene rings is 3. The molecule has 0 spiro atoms. The van der Waals surface area contributed by atoms with Crippen LogP contribution in [0.2, 0.25) is 0 Å². The summed E-state index contributed by atoms with van der Waals surface area (Å²) in [6, 6.07) is 14.2. The zero-order valence-electron chi connectivity index (χ0n) is 23.3. The molecule has 0 aromatic heterocycles. The number of ether oxygens (including phenoxy) is 6. The molecule has 1 unspecified atom stereocenters. The molecule has 0 fully saturated rings. The average Bonchev–Trinajstić information content (AvgIpc) is 2.94. The summed E-state index contributed by atoms with van der Waals surface area (Å²) in [6.07, 6.45) is -1.79. The van der Waals surface area contributed by atoms with E-state index in [9.17, 15) is 19.1 Å². The van der Waals surface area contributed by atoms with E-state index in [1.807, 2.05) is 0 Å². The summed E-state index contributed by atoms with van der Waals surface area (Å²) < 4.78 is 79.9. The fourth-order valence-corrected chi connectivity index (χ4v) is 13.9. The molecule has 220 valence electrons. The fourth-order valence-electron chi connectivity index (χ4n) is 5.33. The van der Waals surface area contributed by atoms with E-state index in [1.54, 1.807) is 54.6 Å². The van der Waals surface area contributed by atoms with Gasteiger partial charge in [0.1, 0.15) is 0 Å². The van der Waals surface area contributed by atoms with E-state index in [0.29, 0.717) is 0 Å². The second-order valence-corrected chi connectivity index (χ2v) is 14.2. The van der Waals surface area contributed by atoms with Gasteiger partial charge in [-0.15, -0.1) is 0 Å². The number of aliphatic hydroxyl groups is 1. The third-order valence-corrected chi connectivity index (χ3v) is 13.8. The normalized spacial score (nSPS) is 13.5. The van der Waals surface area contributed by atoms with Gasteiger partial charge in [0.05, 0.1) is 0 Å². The Hall–Kier alpha value is -3.02. The van der Waals surface area contributed by atoms with Crippen molar-refractivity contribution in [2.45, 2.75) is 13.0 Å². The Morgan fingerprint density at radius 1 is 0.600 bits per heavy atom. The van der Waals surface area contributed by atoms with Gasteiger partial charge in [-0.25, -0.2) is 0 Å². The van der Waals surface area contributed by atoms with E-state index < -0.39 is 29.3 Å². The quantitative estimate of drug-likeness (QED) is 0.259. The first-order chi connectivity index (χ1) is 19.0. The van der Waals surface area contributed by atoms with Crippen LogP contribution in [0.4, 0.5) is 0 Å². The van der Waals surface area contributed by atoms with Gasteiger partial charge in [-0.2, -0.15) is 0 Å². The van der Waals surface area contributed by atoms with Gasteiger partial charge in [-0.1, -0.05) is 0 Å². The molecule has 3 aromatic carbocycles. The van der Waals surface area contributed by atoms with Crippen LogP contribution in [-0.4, -0.2) is 60.0 Å². The van der Waals surface area contributed by atoms with Gasteiger partial charge >= 0.3 is 236 Å². The second kappa shape index (κ2) is 12.2. The number of rotatable bonds is 13. The molecule has 1 N–H and O–H groups in total. The van der Waals surface area contributed by atoms with Crippen molar-refractivity contribution < 1.29 is 61.8 Å². The van der Waals surface area contributed by atoms with E-state index in [2.05, 4.69) is 0 Å². The number of halogens is 1. The summed E-state index contributed by atoms with van der Waals surface area (Å²) >= 11 is 0. The molecule has 0 saturated heterocycles. The predicted molar refractivity (Wildman–Crippen MR) is 142 cm³/mol. The first kappa shape index (κ1) is 31.5. The van der Waals surface area contributed by atoms with E-state index in [4.69, 9.17) is 32.5 Å². The van der Waals surface area contributed by atoms with Crippen molar-refractivity contribution in [2.24, 2.45) is 0 Å². The maximum absolute atomic E-state index is 13.1. The molecule has 11 nitrogen and oxygen atoms in total. The minimum absolute atomic E-state index is 0.0249. The van der Waals surface area contributed by atoms with Crippen molar-refractivity contribution in [1.29, 1.82) is 0 Å². The summed E-state index contributed by atoms with van der Waals surface area (Å²) in [5.41, 5.74) is 0. The zero-order valence-corrected chi connectivity index (χ0v) is 25.0. The first-order valence-electron chi connectivity index (χ1n) is 11.9. The molecule has 40 heavy (non-hydrogen) atoms. The van der Waals surface area contributed by atoms with Crippen LogP contribution in [0.1, 0.15) is 6.92 Å². The Morgan fingerprint density at radius 3 is 1.02 bits per heavy atom. The summed E-state index contributed by atoms with van der Waals surface area (Å²) in [7, 11) is 2.96. The monoisotopic (exact) mass is 600 g/mol. The molecule has 0 radical (unpaired) electrons. The summed E-state index contributed by atoms with van der Waals surface area (Å²) in [4.78, 5) is 0. The van der Waals surface area contributed by atoms with Crippen molar-refractivity contribution in [2.75, 3.05) is 48.8 Å². The number of hydrogen-bond acceptors (Lipinski definition) is 11. The summed E-state index contributed by atoms with van der Waals surface area (Å²) in [5, 5.41) is 11.3.